The Kier molecular flexibility index (Phi) is 4.92. The summed E-state index contributed by atoms with van der Waals surface area (Å²) in [5, 5.41) is 5.26. The fraction of sp³-hybridized carbons (Fsp3) is 0.429. The highest BCUT2D eigenvalue weighted by molar-refractivity contribution is 7.14. The number of nitrogens with one attached hydrogen (secondary N) is 2. The van der Waals surface area contributed by atoms with E-state index in [1.165, 1.54) is 11.3 Å². The van der Waals surface area contributed by atoms with Crippen molar-refractivity contribution in [3.05, 3.63) is 23.7 Å². The summed E-state index contributed by atoms with van der Waals surface area (Å²) in [6, 6.07) is 3.85. The molecule has 2 heterocycles. The number of amides is 1. The van der Waals surface area contributed by atoms with Crippen LogP contribution in [0.5, 0.6) is 0 Å². The van der Waals surface area contributed by atoms with Crippen LogP contribution in [0.15, 0.2) is 23.7 Å². The molecule has 6 heteroatoms. The van der Waals surface area contributed by atoms with Crippen molar-refractivity contribution in [1.82, 2.24) is 9.97 Å². The SMILES string of the molecule is CC(C)CO[C@@H](C)C(=O)Nc1nc(-c2ccc[nH]2)cs1. The number of carbonyl (C=O) groups is 1. The van der Waals surface area contributed by atoms with Gasteiger partial charge in [0.25, 0.3) is 5.91 Å². The summed E-state index contributed by atoms with van der Waals surface area (Å²) in [6.07, 6.45) is 1.37. The normalized spacial score (nSPS) is 12.6. The molecule has 1 atom stereocenters. The van der Waals surface area contributed by atoms with E-state index >= 15 is 0 Å². The predicted octanol–water partition coefficient (Wildman–Crippen LogP) is 3.14. The van der Waals surface area contributed by atoms with Crippen LogP contribution in [0.3, 0.4) is 0 Å². The average Bonchev–Trinajstić information content (AvgIpc) is 3.05. The van der Waals surface area contributed by atoms with Crippen molar-refractivity contribution in [2.24, 2.45) is 5.92 Å². The molecular formula is C14H19N3O2S. The van der Waals surface area contributed by atoms with Crippen molar-refractivity contribution >= 4 is 22.4 Å². The number of thiazole rings is 1. The zero-order chi connectivity index (χ0) is 14.5. The Morgan fingerprint density at radius 2 is 2.30 bits per heavy atom. The molecule has 0 spiro atoms. The van der Waals surface area contributed by atoms with Crippen LogP contribution in [-0.2, 0) is 9.53 Å². The van der Waals surface area contributed by atoms with Crippen LogP contribution in [0.4, 0.5) is 5.13 Å². The third-order valence-electron chi connectivity index (χ3n) is 2.66. The maximum absolute atomic E-state index is 11.9. The number of hydrogen-bond acceptors (Lipinski definition) is 4. The van der Waals surface area contributed by atoms with Gasteiger partial charge >= 0.3 is 0 Å². The lowest BCUT2D eigenvalue weighted by atomic mass is 10.2. The third-order valence-corrected chi connectivity index (χ3v) is 3.41. The first-order valence-corrected chi connectivity index (χ1v) is 7.46. The topological polar surface area (TPSA) is 67.0 Å². The quantitative estimate of drug-likeness (QED) is 0.860. The minimum Gasteiger partial charge on any atom is -0.368 e. The largest absolute Gasteiger partial charge is 0.368 e. The Morgan fingerprint density at radius 1 is 1.50 bits per heavy atom. The van der Waals surface area contributed by atoms with Gasteiger partial charge in [-0.25, -0.2) is 4.98 Å². The Hall–Kier alpha value is -1.66. The van der Waals surface area contributed by atoms with Gasteiger partial charge in [-0.1, -0.05) is 13.8 Å². The summed E-state index contributed by atoms with van der Waals surface area (Å²) in [7, 11) is 0. The molecule has 2 aromatic heterocycles. The van der Waals surface area contributed by atoms with E-state index in [9.17, 15) is 4.79 Å². The number of hydrogen-bond donors (Lipinski definition) is 2. The number of anilines is 1. The van der Waals surface area contributed by atoms with Crippen molar-refractivity contribution in [2.45, 2.75) is 26.9 Å². The Labute approximate surface area is 122 Å². The molecule has 2 rings (SSSR count). The van der Waals surface area contributed by atoms with Crippen LogP contribution in [0, 0.1) is 5.92 Å². The monoisotopic (exact) mass is 293 g/mol. The number of aromatic amines is 1. The second-order valence-electron chi connectivity index (χ2n) is 4.98. The van der Waals surface area contributed by atoms with E-state index < -0.39 is 6.10 Å². The Bertz CT molecular complexity index is 549. The minimum atomic E-state index is -0.477. The summed E-state index contributed by atoms with van der Waals surface area (Å²) in [5.41, 5.74) is 1.76. The van der Waals surface area contributed by atoms with Crippen molar-refractivity contribution in [3.63, 3.8) is 0 Å². The Balaban J connectivity index is 1.91. The smallest absolute Gasteiger partial charge is 0.254 e. The van der Waals surface area contributed by atoms with Gasteiger partial charge in [0.05, 0.1) is 11.4 Å². The molecule has 0 aliphatic carbocycles. The maximum Gasteiger partial charge on any atom is 0.254 e. The summed E-state index contributed by atoms with van der Waals surface area (Å²) in [4.78, 5) is 19.4. The molecule has 0 aliphatic heterocycles. The van der Waals surface area contributed by atoms with Crippen LogP contribution < -0.4 is 5.32 Å². The van der Waals surface area contributed by atoms with Gasteiger partial charge in [-0.15, -0.1) is 11.3 Å². The summed E-state index contributed by atoms with van der Waals surface area (Å²) >= 11 is 1.40. The number of rotatable bonds is 6. The molecule has 2 aromatic rings. The van der Waals surface area contributed by atoms with E-state index in [1.807, 2.05) is 37.6 Å². The summed E-state index contributed by atoms with van der Waals surface area (Å²) < 4.78 is 5.48. The first-order valence-electron chi connectivity index (χ1n) is 6.58. The third kappa shape index (κ3) is 3.91. The van der Waals surface area contributed by atoms with E-state index in [2.05, 4.69) is 15.3 Å². The molecule has 0 unspecified atom stereocenters. The van der Waals surface area contributed by atoms with Gasteiger partial charge in [0.15, 0.2) is 5.13 Å². The minimum absolute atomic E-state index is 0.168. The molecule has 108 valence electrons. The lowest BCUT2D eigenvalue weighted by Crippen LogP contribution is -2.28. The number of ether oxygens (including phenoxy) is 1. The molecule has 0 aliphatic rings. The van der Waals surface area contributed by atoms with Crippen molar-refractivity contribution in [2.75, 3.05) is 11.9 Å². The van der Waals surface area contributed by atoms with Gasteiger partial charge in [0.1, 0.15) is 6.10 Å². The van der Waals surface area contributed by atoms with Crippen LogP contribution in [-0.4, -0.2) is 28.6 Å². The average molecular weight is 293 g/mol. The van der Waals surface area contributed by atoms with E-state index in [1.54, 1.807) is 6.92 Å². The molecule has 0 aromatic carbocycles. The second-order valence-corrected chi connectivity index (χ2v) is 5.84. The maximum atomic E-state index is 11.9. The summed E-state index contributed by atoms with van der Waals surface area (Å²) in [5.74, 6) is 0.239. The van der Waals surface area contributed by atoms with Gasteiger partial charge in [0, 0.05) is 18.2 Å². The van der Waals surface area contributed by atoms with Crippen LogP contribution in [0.25, 0.3) is 11.4 Å². The predicted molar refractivity (Wildman–Crippen MR) is 80.8 cm³/mol. The molecule has 20 heavy (non-hydrogen) atoms. The molecule has 0 radical (unpaired) electrons. The number of carbonyl (C=O) groups excluding carboxylic acids is 1. The zero-order valence-electron chi connectivity index (χ0n) is 11.8. The lowest BCUT2D eigenvalue weighted by molar-refractivity contribution is -0.126. The number of H-pyrrole nitrogens is 1. The zero-order valence-corrected chi connectivity index (χ0v) is 12.7. The molecule has 5 nitrogen and oxygen atoms in total. The number of nitrogens with zero attached hydrogens (tertiary/aromatic N) is 1. The molecule has 0 saturated heterocycles. The standard InChI is InChI=1S/C14H19N3O2S/c1-9(2)7-19-10(3)13(18)17-14-16-12(8-20-14)11-5-4-6-15-11/h4-6,8-10,15H,7H2,1-3H3,(H,16,17,18)/t10-/m0/s1. The molecule has 2 N–H and O–H groups in total. The van der Waals surface area contributed by atoms with Crippen molar-refractivity contribution in [3.8, 4) is 11.4 Å². The highest BCUT2D eigenvalue weighted by Crippen LogP contribution is 2.23. The lowest BCUT2D eigenvalue weighted by Gasteiger charge is -2.13. The van der Waals surface area contributed by atoms with Gasteiger partial charge in [-0.3, -0.25) is 10.1 Å². The molecule has 0 fully saturated rings. The molecule has 0 bridgehead atoms. The summed E-state index contributed by atoms with van der Waals surface area (Å²) in [6.45, 7) is 6.42. The fourth-order valence-corrected chi connectivity index (χ4v) is 2.28. The van der Waals surface area contributed by atoms with E-state index in [4.69, 9.17) is 4.74 Å². The first-order chi connectivity index (χ1) is 9.56. The molecular weight excluding hydrogens is 274 g/mol. The van der Waals surface area contributed by atoms with Gasteiger partial charge in [-0.05, 0) is 25.0 Å². The van der Waals surface area contributed by atoms with Gasteiger partial charge in [-0.2, -0.15) is 0 Å². The van der Waals surface area contributed by atoms with E-state index in [0.717, 1.165) is 11.4 Å². The fourth-order valence-electron chi connectivity index (χ4n) is 1.56. The first kappa shape index (κ1) is 14.7. The Morgan fingerprint density at radius 3 is 2.95 bits per heavy atom. The van der Waals surface area contributed by atoms with Crippen LogP contribution in [0.1, 0.15) is 20.8 Å². The highest BCUT2D eigenvalue weighted by atomic mass is 32.1. The molecule has 0 saturated carbocycles. The van der Waals surface area contributed by atoms with Crippen molar-refractivity contribution < 1.29 is 9.53 Å². The highest BCUT2D eigenvalue weighted by Gasteiger charge is 2.16. The van der Waals surface area contributed by atoms with Gasteiger partial charge < -0.3 is 9.72 Å². The number of aromatic nitrogens is 2. The van der Waals surface area contributed by atoms with Crippen LogP contribution >= 0.6 is 11.3 Å². The van der Waals surface area contributed by atoms with Crippen LogP contribution in [0.2, 0.25) is 0 Å². The van der Waals surface area contributed by atoms with E-state index in [-0.39, 0.29) is 5.91 Å². The second kappa shape index (κ2) is 6.67. The van der Waals surface area contributed by atoms with E-state index in [0.29, 0.717) is 17.7 Å². The molecule has 1 amide bonds. The van der Waals surface area contributed by atoms with Crippen molar-refractivity contribution in [1.29, 1.82) is 0 Å². The van der Waals surface area contributed by atoms with Gasteiger partial charge in [0.2, 0.25) is 0 Å².